The van der Waals surface area contributed by atoms with Crippen LogP contribution in [0.1, 0.15) is 112 Å². The van der Waals surface area contributed by atoms with Crippen LogP contribution in [0.25, 0.3) is 11.3 Å². The average molecular weight is 928 g/mol. The molecule has 0 saturated heterocycles. The number of benzene rings is 3. The first kappa shape index (κ1) is 46.3. The number of carboxylic acids is 1. The third-order valence-corrected chi connectivity index (χ3v) is 14.9. The highest BCUT2D eigenvalue weighted by Crippen LogP contribution is 2.57. The van der Waals surface area contributed by atoms with Gasteiger partial charge in [-0.2, -0.15) is 0 Å². The first-order valence-corrected chi connectivity index (χ1v) is 24.7. The number of nitrogens with one attached hydrogen (secondary N) is 2. The van der Waals surface area contributed by atoms with Crippen molar-refractivity contribution in [2.24, 2.45) is 11.8 Å². The zero-order valence-electron chi connectivity index (χ0n) is 38.8. The van der Waals surface area contributed by atoms with E-state index in [0.717, 1.165) is 80.5 Å². The van der Waals surface area contributed by atoms with Gasteiger partial charge < -0.3 is 34.7 Å². The average Bonchev–Trinajstić information content (AvgIpc) is 3.62. The van der Waals surface area contributed by atoms with Crippen LogP contribution in [0, 0.1) is 11.8 Å². The maximum Gasteiger partial charge on any atom is 0.329 e. The minimum atomic E-state index is -1.11. The van der Waals surface area contributed by atoms with Gasteiger partial charge in [0.15, 0.2) is 5.75 Å². The molecule has 67 heavy (non-hydrogen) atoms. The summed E-state index contributed by atoms with van der Waals surface area (Å²) in [5, 5.41) is 17.8. The maximum atomic E-state index is 13.1. The van der Waals surface area contributed by atoms with Crippen LogP contribution in [0.15, 0.2) is 91.1 Å². The predicted molar refractivity (Wildman–Crippen MR) is 261 cm³/mol. The molecule has 3 aliphatic carbocycles. The van der Waals surface area contributed by atoms with Crippen molar-refractivity contribution in [3.05, 3.63) is 124 Å². The number of carboxylic acid groups (broad SMARTS) is 1. The highest BCUT2D eigenvalue weighted by molar-refractivity contribution is 6.30. The number of hydrogen-bond donors (Lipinski definition) is 3. The third kappa shape index (κ3) is 10.5. The van der Waals surface area contributed by atoms with Gasteiger partial charge in [-0.1, -0.05) is 55.8 Å². The van der Waals surface area contributed by atoms with Gasteiger partial charge in [0.1, 0.15) is 30.3 Å². The van der Waals surface area contributed by atoms with E-state index in [4.69, 9.17) is 30.5 Å². The molecule has 0 bridgehead atoms. The van der Waals surface area contributed by atoms with Crippen LogP contribution in [0.4, 0.5) is 5.69 Å². The Morgan fingerprint density at radius 2 is 1.81 bits per heavy atom. The van der Waals surface area contributed by atoms with Crippen LogP contribution in [0.3, 0.4) is 0 Å². The minimum Gasteiger partial charge on any atom is -0.494 e. The van der Waals surface area contributed by atoms with Crippen molar-refractivity contribution < 1.29 is 33.6 Å². The van der Waals surface area contributed by atoms with E-state index in [1.54, 1.807) is 12.1 Å². The monoisotopic (exact) mass is 926 g/mol. The second kappa shape index (κ2) is 20.6. The molecule has 1 spiro atoms. The quantitative estimate of drug-likeness (QED) is 0.0727. The number of carbonyl (C=O) groups is 2. The summed E-state index contributed by atoms with van der Waals surface area (Å²) in [5.41, 5.74) is 7.44. The van der Waals surface area contributed by atoms with E-state index in [-0.39, 0.29) is 17.2 Å². The van der Waals surface area contributed by atoms with Crippen LogP contribution in [-0.4, -0.2) is 65.5 Å². The fraction of sp³-hybridized carbons (Fsp3) is 0.455. The zero-order chi connectivity index (χ0) is 46.4. The molecule has 352 valence electrons. The molecule has 5 aromatic rings. The van der Waals surface area contributed by atoms with Gasteiger partial charge in [-0.3, -0.25) is 9.78 Å². The second-order valence-corrected chi connectivity index (χ2v) is 19.8. The van der Waals surface area contributed by atoms with E-state index >= 15 is 0 Å². The molecule has 1 fully saturated rings. The molecule has 3 N–H and O–H groups in total. The van der Waals surface area contributed by atoms with Crippen molar-refractivity contribution in [3.63, 3.8) is 0 Å². The molecular formula is C55H63ClN4O7. The number of fused-ring (bicyclic) bond motifs is 4. The number of pyridine rings is 2. The number of anilines is 1. The Morgan fingerprint density at radius 1 is 0.955 bits per heavy atom. The summed E-state index contributed by atoms with van der Waals surface area (Å²) in [7, 11) is 0. The number of halogens is 1. The summed E-state index contributed by atoms with van der Waals surface area (Å²) < 4.78 is 24.3. The molecule has 12 heteroatoms. The van der Waals surface area contributed by atoms with Gasteiger partial charge in [0.25, 0.3) is 5.88 Å². The first-order valence-electron chi connectivity index (χ1n) is 24.3. The molecule has 11 nitrogen and oxygen atoms in total. The van der Waals surface area contributed by atoms with E-state index < -0.39 is 11.5 Å². The molecular weight excluding hydrogens is 864 g/mol. The number of carbonyl (C=O) groups excluding carboxylic acids is 1. The molecule has 4 aliphatic rings. The number of aryl methyl sites for hydroxylation is 2. The predicted octanol–water partition coefficient (Wildman–Crippen LogP) is 10.9. The van der Waals surface area contributed by atoms with E-state index in [9.17, 15) is 14.7 Å². The standard InChI is InChI=1S/C55H63ClN4O7/c1-36(35-67-48-20-26-57-47-14-3-8-37(2)51(47)48)30-41-32-39-16-17-44(34-45(39)54(41)21-23-55(24-22-54,53(62)63)60-43-13-5-12-42(56)33-43)64-27-7-15-50(61)58-25-6-10-38-9-4-11-40(31-38)46-18-19-49-52(59-46)66-29-28-65-49/h4-5,9,11-13,16-20,26,31,33-34,36-37,41,60H,3,6-8,10,14-15,21-25,27-30,32,35H2,1-2H3,(H,58,61)(H,62,63)/t36-,37-,41?,54?,55?/m1/s1. The van der Waals surface area contributed by atoms with E-state index in [2.05, 4.69) is 64.8 Å². The minimum absolute atomic E-state index is 0.0144. The van der Waals surface area contributed by atoms with E-state index in [1.807, 2.05) is 48.7 Å². The highest BCUT2D eigenvalue weighted by atomic mass is 35.5. The Morgan fingerprint density at radius 3 is 2.66 bits per heavy atom. The summed E-state index contributed by atoms with van der Waals surface area (Å²) in [6, 6.07) is 28.0. The summed E-state index contributed by atoms with van der Waals surface area (Å²) >= 11 is 6.33. The van der Waals surface area contributed by atoms with Gasteiger partial charge in [-0.25, -0.2) is 9.78 Å². The second-order valence-electron chi connectivity index (χ2n) is 19.3. The Labute approximate surface area is 399 Å². The number of rotatable bonds is 18. The van der Waals surface area contributed by atoms with Crippen LogP contribution in [0.5, 0.6) is 23.1 Å². The zero-order valence-corrected chi connectivity index (χ0v) is 39.5. The maximum absolute atomic E-state index is 13.1. The lowest BCUT2D eigenvalue weighted by Gasteiger charge is -2.47. The van der Waals surface area contributed by atoms with Gasteiger partial charge >= 0.3 is 5.97 Å². The number of aliphatic carboxylic acids is 1. The molecule has 1 aliphatic heterocycles. The van der Waals surface area contributed by atoms with Crippen molar-refractivity contribution in [2.75, 3.05) is 38.3 Å². The van der Waals surface area contributed by atoms with Gasteiger partial charge in [0.2, 0.25) is 5.91 Å². The number of hydrogen-bond acceptors (Lipinski definition) is 9. The van der Waals surface area contributed by atoms with Crippen molar-refractivity contribution >= 4 is 29.2 Å². The third-order valence-electron chi connectivity index (χ3n) is 14.7. The fourth-order valence-corrected chi connectivity index (χ4v) is 11.4. The van der Waals surface area contributed by atoms with Gasteiger partial charge in [-0.05, 0) is 172 Å². The summed E-state index contributed by atoms with van der Waals surface area (Å²) in [5.74, 6) is 3.15. The van der Waals surface area contributed by atoms with Crippen molar-refractivity contribution in [3.8, 4) is 34.4 Å². The molecule has 1 saturated carbocycles. The van der Waals surface area contributed by atoms with Crippen LogP contribution >= 0.6 is 11.6 Å². The molecule has 1 amide bonds. The van der Waals surface area contributed by atoms with Crippen molar-refractivity contribution in [1.29, 1.82) is 0 Å². The lowest BCUT2D eigenvalue weighted by atomic mass is 9.59. The Bertz CT molecular complexity index is 2560. The fourth-order valence-electron chi connectivity index (χ4n) is 11.2. The summed E-state index contributed by atoms with van der Waals surface area (Å²) in [4.78, 5) is 35.3. The normalized spacial score (nSPS) is 22.0. The van der Waals surface area contributed by atoms with Crippen LogP contribution in [0.2, 0.25) is 5.02 Å². The lowest BCUT2D eigenvalue weighted by molar-refractivity contribution is -0.144. The van der Waals surface area contributed by atoms with Crippen LogP contribution < -0.4 is 29.6 Å². The largest absolute Gasteiger partial charge is 0.494 e. The van der Waals surface area contributed by atoms with Gasteiger partial charge in [0.05, 0.1) is 18.9 Å². The number of ether oxygens (including phenoxy) is 4. The Balaban J connectivity index is 0.806. The Hall–Kier alpha value is -5.81. The molecule has 3 aromatic carbocycles. The highest BCUT2D eigenvalue weighted by Gasteiger charge is 2.54. The molecule has 2 aromatic heterocycles. The molecule has 3 heterocycles. The van der Waals surface area contributed by atoms with E-state index in [0.29, 0.717) is 92.8 Å². The SMILES string of the molecule is C[C@@H](COc1ccnc2c1[C@H](C)CCC2)CC1Cc2ccc(OCCCC(=O)NCCCc3cccc(-c4ccc5c(n4)OCCO5)c3)cc2C12CCC(Nc1cccc(Cl)c1)(C(=O)O)CC2. The smallest absolute Gasteiger partial charge is 0.329 e. The molecule has 0 radical (unpaired) electrons. The van der Waals surface area contributed by atoms with E-state index in [1.165, 1.54) is 27.9 Å². The molecule has 1 unspecified atom stereocenters. The van der Waals surface area contributed by atoms with Crippen molar-refractivity contribution in [1.82, 2.24) is 15.3 Å². The number of nitrogens with zero attached hydrogens (tertiary/aromatic N) is 2. The summed E-state index contributed by atoms with van der Waals surface area (Å²) in [6.45, 7) is 7.20. The number of amides is 1. The summed E-state index contributed by atoms with van der Waals surface area (Å²) in [6.07, 6.45) is 12.1. The van der Waals surface area contributed by atoms with Gasteiger partial charge in [0, 0.05) is 46.7 Å². The van der Waals surface area contributed by atoms with Crippen molar-refractivity contribution in [2.45, 2.75) is 114 Å². The molecule has 3 atom stereocenters. The topological polar surface area (TPSA) is 141 Å². The number of aromatic nitrogens is 2. The Kier molecular flexibility index (Phi) is 14.2. The molecule has 9 rings (SSSR count). The van der Waals surface area contributed by atoms with Crippen LogP contribution in [-0.2, 0) is 34.3 Å². The lowest BCUT2D eigenvalue weighted by Crippen LogP contribution is -2.53. The first-order chi connectivity index (χ1) is 32.6. The van der Waals surface area contributed by atoms with Gasteiger partial charge in [-0.15, -0.1) is 0 Å².